The minimum atomic E-state index is -0.729. The van der Waals surface area contributed by atoms with Crippen LogP contribution in [0.1, 0.15) is 49.1 Å². The molecule has 3 heteroatoms. The summed E-state index contributed by atoms with van der Waals surface area (Å²) in [6.45, 7) is 13.9. The van der Waals surface area contributed by atoms with Gasteiger partial charge in [-0.3, -0.25) is 9.69 Å². The molecule has 2 unspecified atom stereocenters. The van der Waals surface area contributed by atoms with Crippen molar-refractivity contribution < 1.29 is 9.90 Å². The predicted octanol–water partition coefficient (Wildman–Crippen LogP) is 3.72. The fourth-order valence-corrected chi connectivity index (χ4v) is 3.02. The van der Waals surface area contributed by atoms with Crippen LogP contribution in [-0.2, 0) is 4.79 Å². The van der Waals surface area contributed by atoms with Gasteiger partial charge < -0.3 is 5.11 Å². The molecule has 0 spiro atoms. The molecule has 0 radical (unpaired) electrons. The summed E-state index contributed by atoms with van der Waals surface area (Å²) in [7, 11) is 0. The molecule has 0 fully saturated rings. The Hall–Kier alpha value is -1.35. The predicted molar refractivity (Wildman–Crippen MR) is 83.1 cm³/mol. The van der Waals surface area contributed by atoms with E-state index in [1.54, 1.807) is 6.92 Å². The van der Waals surface area contributed by atoms with Gasteiger partial charge in [-0.25, -0.2) is 0 Å². The molecular weight excluding hydrogens is 250 g/mol. The quantitative estimate of drug-likeness (QED) is 0.861. The van der Waals surface area contributed by atoms with E-state index in [-0.39, 0.29) is 12.0 Å². The number of aryl methyl sites for hydroxylation is 3. The molecule has 112 valence electrons. The number of aliphatic carboxylic acids is 1. The van der Waals surface area contributed by atoms with Gasteiger partial charge in [0.05, 0.1) is 5.92 Å². The molecular formula is C17H27NO2. The van der Waals surface area contributed by atoms with E-state index in [2.05, 4.69) is 51.7 Å². The summed E-state index contributed by atoms with van der Waals surface area (Å²) >= 11 is 0. The van der Waals surface area contributed by atoms with Crippen molar-refractivity contribution in [1.82, 2.24) is 4.90 Å². The fraction of sp³-hybridized carbons (Fsp3) is 0.588. The Labute approximate surface area is 122 Å². The van der Waals surface area contributed by atoms with E-state index in [1.807, 2.05) is 0 Å². The number of hydrogen-bond donors (Lipinski definition) is 1. The third-order valence-electron chi connectivity index (χ3n) is 4.04. The maximum atomic E-state index is 11.1. The Morgan fingerprint density at radius 1 is 1.20 bits per heavy atom. The fourth-order valence-electron chi connectivity index (χ4n) is 3.02. The van der Waals surface area contributed by atoms with Crippen molar-refractivity contribution in [1.29, 1.82) is 0 Å². The number of rotatable bonds is 6. The van der Waals surface area contributed by atoms with Gasteiger partial charge in [-0.15, -0.1) is 0 Å². The summed E-state index contributed by atoms with van der Waals surface area (Å²) in [4.78, 5) is 13.3. The van der Waals surface area contributed by atoms with Crippen molar-refractivity contribution in [2.24, 2.45) is 5.92 Å². The van der Waals surface area contributed by atoms with Crippen molar-refractivity contribution in [2.45, 2.75) is 47.6 Å². The zero-order valence-electron chi connectivity index (χ0n) is 13.5. The van der Waals surface area contributed by atoms with E-state index in [9.17, 15) is 4.79 Å². The summed E-state index contributed by atoms with van der Waals surface area (Å²) in [5.74, 6) is -1.07. The second-order valence-corrected chi connectivity index (χ2v) is 5.82. The molecule has 0 aromatic heterocycles. The van der Waals surface area contributed by atoms with Gasteiger partial charge in [0, 0.05) is 12.6 Å². The molecule has 1 N–H and O–H groups in total. The molecule has 1 rings (SSSR count). The Bertz CT molecular complexity index is 459. The minimum absolute atomic E-state index is 0.238. The number of carboxylic acid groups (broad SMARTS) is 1. The van der Waals surface area contributed by atoms with Crippen LogP contribution in [0.25, 0.3) is 0 Å². The van der Waals surface area contributed by atoms with Crippen molar-refractivity contribution in [3.8, 4) is 0 Å². The lowest BCUT2D eigenvalue weighted by atomic mass is 9.93. The summed E-state index contributed by atoms with van der Waals surface area (Å²) < 4.78 is 0. The lowest BCUT2D eigenvalue weighted by Gasteiger charge is -2.31. The van der Waals surface area contributed by atoms with Crippen LogP contribution < -0.4 is 0 Å². The number of hydrogen-bond acceptors (Lipinski definition) is 2. The molecule has 0 saturated heterocycles. The average molecular weight is 277 g/mol. The Kier molecular flexibility index (Phi) is 5.75. The Balaban J connectivity index is 3.02. The van der Waals surface area contributed by atoms with Crippen LogP contribution in [0.5, 0.6) is 0 Å². The van der Waals surface area contributed by atoms with Crippen LogP contribution in [0.15, 0.2) is 12.1 Å². The minimum Gasteiger partial charge on any atom is -0.481 e. The molecule has 1 aromatic rings. The monoisotopic (exact) mass is 277 g/mol. The van der Waals surface area contributed by atoms with Crippen LogP contribution >= 0.6 is 0 Å². The van der Waals surface area contributed by atoms with Crippen molar-refractivity contribution in [2.75, 3.05) is 13.1 Å². The summed E-state index contributed by atoms with van der Waals surface area (Å²) in [5.41, 5.74) is 5.18. The van der Waals surface area contributed by atoms with E-state index >= 15 is 0 Å². The standard InChI is InChI=1S/C17H27NO2/c1-7-18(10-14(5)17(19)20)15(6)16-12(3)8-11(2)9-13(16)4/h8-9,14-15H,7,10H2,1-6H3,(H,19,20). The van der Waals surface area contributed by atoms with Crippen LogP contribution in [0, 0.1) is 26.7 Å². The van der Waals surface area contributed by atoms with Gasteiger partial charge in [-0.1, -0.05) is 31.5 Å². The van der Waals surface area contributed by atoms with Gasteiger partial charge in [0.2, 0.25) is 0 Å². The van der Waals surface area contributed by atoms with Crippen LogP contribution in [-0.4, -0.2) is 29.1 Å². The van der Waals surface area contributed by atoms with E-state index in [1.165, 1.54) is 22.3 Å². The first-order valence-electron chi connectivity index (χ1n) is 7.32. The van der Waals surface area contributed by atoms with Crippen molar-refractivity contribution in [3.05, 3.63) is 34.4 Å². The first-order valence-corrected chi connectivity index (χ1v) is 7.32. The highest BCUT2D eigenvalue weighted by atomic mass is 16.4. The summed E-state index contributed by atoms with van der Waals surface area (Å²) in [6.07, 6.45) is 0. The first kappa shape index (κ1) is 16.7. The van der Waals surface area contributed by atoms with Crippen LogP contribution in [0.3, 0.4) is 0 Å². The van der Waals surface area contributed by atoms with E-state index in [0.717, 1.165) is 6.54 Å². The highest BCUT2D eigenvalue weighted by molar-refractivity contribution is 5.69. The highest BCUT2D eigenvalue weighted by Crippen LogP contribution is 2.28. The maximum absolute atomic E-state index is 11.1. The molecule has 1 aromatic carbocycles. The number of carboxylic acids is 1. The van der Waals surface area contributed by atoms with Gasteiger partial charge in [-0.2, -0.15) is 0 Å². The molecule has 0 bridgehead atoms. The lowest BCUT2D eigenvalue weighted by Crippen LogP contribution is -2.34. The van der Waals surface area contributed by atoms with Crippen LogP contribution in [0.4, 0.5) is 0 Å². The SMILES string of the molecule is CCN(CC(C)C(=O)O)C(C)c1c(C)cc(C)cc1C. The molecule has 2 atom stereocenters. The molecule has 0 saturated carbocycles. The van der Waals surface area contributed by atoms with Gasteiger partial charge >= 0.3 is 5.97 Å². The number of carbonyl (C=O) groups is 1. The Morgan fingerprint density at radius 3 is 2.10 bits per heavy atom. The largest absolute Gasteiger partial charge is 0.481 e. The van der Waals surface area contributed by atoms with Gasteiger partial charge in [0.25, 0.3) is 0 Å². The van der Waals surface area contributed by atoms with Crippen molar-refractivity contribution >= 4 is 5.97 Å². The topological polar surface area (TPSA) is 40.5 Å². The molecule has 20 heavy (non-hydrogen) atoms. The molecule has 0 heterocycles. The zero-order chi connectivity index (χ0) is 15.4. The van der Waals surface area contributed by atoms with Crippen molar-refractivity contribution in [3.63, 3.8) is 0 Å². The van der Waals surface area contributed by atoms with E-state index < -0.39 is 5.97 Å². The van der Waals surface area contributed by atoms with Crippen LogP contribution in [0.2, 0.25) is 0 Å². The van der Waals surface area contributed by atoms with Gasteiger partial charge in [0.15, 0.2) is 0 Å². The molecule has 3 nitrogen and oxygen atoms in total. The molecule has 0 aliphatic carbocycles. The van der Waals surface area contributed by atoms with E-state index in [0.29, 0.717) is 6.54 Å². The number of nitrogens with zero attached hydrogens (tertiary/aromatic N) is 1. The summed E-state index contributed by atoms with van der Waals surface area (Å²) in [6, 6.07) is 4.64. The average Bonchev–Trinajstić information content (AvgIpc) is 2.33. The van der Waals surface area contributed by atoms with Gasteiger partial charge in [0.1, 0.15) is 0 Å². The third kappa shape index (κ3) is 3.83. The Morgan fingerprint density at radius 2 is 1.70 bits per heavy atom. The first-order chi connectivity index (χ1) is 9.27. The van der Waals surface area contributed by atoms with Gasteiger partial charge in [-0.05, 0) is 50.9 Å². The summed E-state index contributed by atoms with van der Waals surface area (Å²) in [5, 5.41) is 9.10. The third-order valence-corrected chi connectivity index (χ3v) is 4.04. The molecule has 0 aliphatic rings. The second-order valence-electron chi connectivity index (χ2n) is 5.82. The smallest absolute Gasteiger partial charge is 0.307 e. The van der Waals surface area contributed by atoms with E-state index in [4.69, 9.17) is 5.11 Å². The normalized spacial score (nSPS) is 14.3. The molecule has 0 aliphatic heterocycles. The highest BCUT2D eigenvalue weighted by Gasteiger charge is 2.22. The zero-order valence-corrected chi connectivity index (χ0v) is 13.5. The number of benzene rings is 1. The maximum Gasteiger partial charge on any atom is 0.307 e. The lowest BCUT2D eigenvalue weighted by molar-refractivity contribution is -0.141. The molecule has 0 amide bonds. The second kappa shape index (κ2) is 6.89.